The highest BCUT2D eigenvalue weighted by Gasteiger charge is 2.19. The van der Waals surface area contributed by atoms with Crippen LogP contribution in [-0.4, -0.2) is 24.6 Å². The third-order valence-corrected chi connectivity index (χ3v) is 5.55. The number of azo groups is 2. The fourth-order valence-electron chi connectivity index (χ4n) is 2.64. The summed E-state index contributed by atoms with van der Waals surface area (Å²) in [7, 11) is 0. The molecule has 12 nitrogen and oxygen atoms in total. The van der Waals surface area contributed by atoms with Gasteiger partial charge in [-0.05, 0) is 12.1 Å². The topological polar surface area (TPSA) is 183 Å². The van der Waals surface area contributed by atoms with Crippen molar-refractivity contribution >= 4 is 77.6 Å². The molecule has 4 aromatic heterocycles. The van der Waals surface area contributed by atoms with Gasteiger partial charge in [-0.1, -0.05) is 23.5 Å². The van der Waals surface area contributed by atoms with Crippen LogP contribution in [0.2, 0.25) is 0 Å². The Bertz CT molecular complexity index is 1400. The number of anilines is 3. The number of benzene rings is 1. The molecule has 30 heavy (non-hydrogen) atoms. The summed E-state index contributed by atoms with van der Waals surface area (Å²) in [6, 6.07) is 7.69. The first kappa shape index (κ1) is 18.0. The van der Waals surface area contributed by atoms with E-state index in [0.29, 0.717) is 10.3 Å². The smallest absolute Gasteiger partial charge is 0.231 e. The first-order valence-corrected chi connectivity index (χ1v) is 10.1. The van der Waals surface area contributed by atoms with Gasteiger partial charge < -0.3 is 17.2 Å². The first-order valence-electron chi connectivity index (χ1n) is 8.42. The predicted octanol–water partition coefficient (Wildman–Crippen LogP) is 4.37. The van der Waals surface area contributed by atoms with Gasteiger partial charge in [0.2, 0.25) is 10.3 Å². The molecule has 0 saturated heterocycles. The molecule has 0 amide bonds. The van der Waals surface area contributed by atoms with E-state index in [2.05, 4.69) is 40.5 Å². The summed E-state index contributed by atoms with van der Waals surface area (Å²) in [6.07, 6.45) is 1.62. The van der Waals surface area contributed by atoms with Gasteiger partial charge in [0, 0.05) is 11.6 Å². The minimum Gasteiger partial charge on any atom is -0.382 e. The number of nitrogen functional groups attached to an aromatic ring is 3. The molecule has 0 bridgehead atoms. The summed E-state index contributed by atoms with van der Waals surface area (Å²) < 4.78 is 2.30. The Morgan fingerprint density at radius 1 is 0.867 bits per heavy atom. The summed E-state index contributed by atoms with van der Waals surface area (Å²) in [5.41, 5.74) is 19.7. The van der Waals surface area contributed by atoms with Crippen LogP contribution in [0.5, 0.6) is 0 Å². The molecule has 0 saturated carbocycles. The van der Waals surface area contributed by atoms with Crippen molar-refractivity contribution in [2.75, 3.05) is 17.2 Å². The number of para-hydroxylation sites is 1. The van der Waals surface area contributed by atoms with Crippen molar-refractivity contribution in [2.24, 2.45) is 20.5 Å². The van der Waals surface area contributed by atoms with E-state index >= 15 is 0 Å². The van der Waals surface area contributed by atoms with E-state index in [1.807, 2.05) is 24.3 Å². The highest BCUT2D eigenvalue weighted by molar-refractivity contribution is 7.21. The van der Waals surface area contributed by atoms with Crippen LogP contribution >= 0.6 is 22.7 Å². The van der Waals surface area contributed by atoms with Crippen molar-refractivity contribution in [3.05, 3.63) is 35.8 Å². The molecule has 148 valence electrons. The molecule has 4 heterocycles. The van der Waals surface area contributed by atoms with Crippen LogP contribution in [0.4, 0.5) is 39.1 Å². The van der Waals surface area contributed by atoms with E-state index < -0.39 is 0 Å². The fourth-order valence-corrected chi connectivity index (χ4v) is 3.88. The van der Waals surface area contributed by atoms with Crippen molar-refractivity contribution in [1.29, 1.82) is 0 Å². The van der Waals surface area contributed by atoms with Crippen molar-refractivity contribution in [3.63, 3.8) is 0 Å². The lowest BCUT2D eigenvalue weighted by atomic mass is 10.3. The monoisotopic (exact) mass is 436 g/mol. The lowest BCUT2D eigenvalue weighted by Gasteiger charge is -2.04. The maximum atomic E-state index is 6.20. The Morgan fingerprint density at radius 3 is 2.47 bits per heavy atom. The second-order valence-electron chi connectivity index (χ2n) is 5.88. The van der Waals surface area contributed by atoms with Gasteiger partial charge in [0.15, 0.2) is 34.5 Å². The summed E-state index contributed by atoms with van der Waals surface area (Å²) in [4.78, 5) is 12.7. The Balaban J connectivity index is 1.55. The summed E-state index contributed by atoms with van der Waals surface area (Å²) in [6.45, 7) is 0. The number of thiazole rings is 2. The number of fused-ring (bicyclic) bond motifs is 2. The standard InChI is InChI=1S/C16H12N12S2/c17-11-9(23-26-16-21-7-3-1-2-4-8(7)30-16)13(19)28-14(22-11)10(12(18)27-28)24-25-15-20-5-6-29-15/h1-6H,19H2,(H2,17,22)(H2,18,27). The Kier molecular flexibility index (Phi) is 4.26. The summed E-state index contributed by atoms with van der Waals surface area (Å²) in [5, 5.41) is 23.3. The Morgan fingerprint density at radius 2 is 1.67 bits per heavy atom. The highest BCUT2D eigenvalue weighted by Crippen LogP contribution is 2.37. The molecule has 0 aliphatic heterocycles. The van der Waals surface area contributed by atoms with Crippen molar-refractivity contribution in [2.45, 2.75) is 0 Å². The molecular weight excluding hydrogens is 424 g/mol. The molecule has 0 aliphatic carbocycles. The second kappa shape index (κ2) is 7.09. The minimum atomic E-state index is 0.0514. The maximum absolute atomic E-state index is 6.20. The number of hydrogen-bond donors (Lipinski definition) is 3. The van der Waals surface area contributed by atoms with Crippen LogP contribution < -0.4 is 17.2 Å². The van der Waals surface area contributed by atoms with Gasteiger partial charge in [-0.15, -0.1) is 36.9 Å². The van der Waals surface area contributed by atoms with E-state index in [4.69, 9.17) is 17.2 Å². The average molecular weight is 436 g/mol. The van der Waals surface area contributed by atoms with E-state index in [-0.39, 0.29) is 34.5 Å². The van der Waals surface area contributed by atoms with Gasteiger partial charge in [0.25, 0.3) is 0 Å². The zero-order valence-electron chi connectivity index (χ0n) is 15.0. The number of nitrogens with zero attached hydrogens (tertiary/aromatic N) is 9. The van der Waals surface area contributed by atoms with Gasteiger partial charge >= 0.3 is 0 Å². The molecule has 0 aliphatic rings. The second-order valence-corrected chi connectivity index (χ2v) is 7.76. The van der Waals surface area contributed by atoms with E-state index in [1.165, 1.54) is 27.2 Å². The minimum absolute atomic E-state index is 0.0514. The van der Waals surface area contributed by atoms with Gasteiger partial charge in [-0.2, -0.15) is 4.52 Å². The van der Waals surface area contributed by atoms with Gasteiger partial charge in [0.1, 0.15) is 0 Å². The zero-order chi connectivity index (χ0) is 20.7. The molecule has 0 unspecified atom stereocenters. The van der Waals surface area contributed by atoms with Crippen LogP contribution in [0.1, 0.15) is 0 Å². The Labute approximate surface area is 175 Å². The molecule has 5 aromatic rings. The van der Waals surface area contributed by atoms with Crippen molar-refractivity contribution < 1.29 is 0 Å². The lowest BCUT2D eigenvalue weighted by molar-refractivity contribution is 0.955. The summed E-state index contributed by atoms with van der Waals surface area (Å²) >= 11 is 2.72. The first-order chi connectivity index (χ1) is 14.6. The third kappa shape index (κ3) is 3.09. The van der Waals surface area contributed by atoms with Crippen LogP contribution in [0.25, 0.3) is 15.9 Å². The molecule has 5 rings (SSSR count). The quantitative estimate of drug-likeness (QED) is 0.349. The predicted molar refractivity (Wildman–Crippen MR) is 116 cm³/mol. The molecular formula is C16H12N12S2. The van der Waals surface area contributed by atoms with Gasteiger partial charge in [0.05, 0.1) is 10.2 Å². The Hall–Kier alpha value is -4.04. The van der Waals surface area contributed by atoms with Gasteiger partial charge in [-0.25, -0.2) is 15.0 Å². The molecule has 1 aromatic carbocycles. The molecule has 0 radical (unpaired) electrons. The van der Waals surface area contributed by atoms with E-state index in [9.17, 15) is 0 Å². The molecule has 6 N–H and O–H groups in total. The number of rotatable bonds is 4. The third-order valence-electron chi connectivity index (χ3n) is 3.98. The van der Waals surface area contributed by atoms with Crippen molar-refractivity contribution in [3.8, 4) is 0 Å². The van der Waals surface area contributed by atoms with E-state index in [0.717, 1.165) is 10.2 Å². The normalized spacial score (nSPS) is 12.1. The van der Waals surface area contributed by atoms with Crippen LogP contribution in [0.15, 0.2) is 56.3 Å². The molecule has 0 fully saturated rings. The number of nitrogens with two attached hydrogens (primary N) is 3. The summed E-state index contributed by atoms with van der Waals surface area (Å²) in [5.74, 6) is 0.259. The fraction of sp³-hybridized carbons (Fsp3) is 0. The zero-order valence-corrected chi connectivity index (χ0v) is 16.7. The van der Waals surface area contributed by atoms with Crippen LogP contribution in [0, 0.1) is 0 Å². The number of hydrogen-bond acceptors (Lipinski definition) is 13. The number of aromatic nitrogens is 5. The lowest BCUT2D eigenvalue weighted by Crippen LogP contribution is -2.04. The van der Waals surface area contributed by atoms with E-state index in [1.54, 1.807) is 11.6 Å². The largest absolute Gasteiger partial charge is 0.382 e. The van der Waals surface area contributed by atoms with Crippen LogP contribution in [0.3, 0.4) is 0 Å². The average Bonchev–Trinajstić information content (AvgIpc) is 3.45. The SMILES string of the molecule is Nc1nc2c(N=Nc3nccs3)c(N)nn2c(N)c1N=Nc1nc2ccccc2s1. The van der Waals surface area contributed by atoms with Crippen molar-refractivity contribution in [1.82, 2.24) is 24.6 Å². The molecule has 0 atom stereocenters. The van der Waals surface area contributed by atoms with Crippen LogP contribution in [-0.2, 0) is 0 Å². The molecule has 0 spiro atoms. The maximum Gasteiger partial charge on any atom is 0.231 e. The molecule has 14 heteroatoms. The van der Waals surface area contributed by atoms with Gasteiger partial charge in [-0.3, -0.25) is 0 Å². The highest BCUT2D eigenvalue weighted by atomic mass is 32.1.